The first-order chi connectivity index (χ1) is 18.4. The van der Waals surface area contributed by atoms with Crippen molar-refractivity contribution in [2.75, 3.05) is 10.6 Å². The summed E-state index contributed by atoms with van der Waals surface area (Å²) in [5.74, 6) is 0.448. The molecule has 2 amide bonds. The molecule has 4 rings (SSSR count). The molecular formula is C25H21ClF3N7O3. The molecule has 4 aromatic rings. The molecule has 0 aliphatic rings. The highest BCUT2D eigenvalue weighted by atomic mass is 35.5. The van der Waals surface area contributed by atoms with E-state index in [4.69, 9.17) is 16.3 Å². The van der Waals surface area contributed by atoms with E-state index in [-0.39, 0.29) is 17.4 Å². The smallest absolute Gasteiger partial charge is 0.406 e. The lowest BCUT2D eigenvalue weighted by atomic mass is 10.1. The molecule has 0 aliphatic heterocycles. The molecule has 202 valence electrons. The van der Waals surface area contributed by atoms with Crippen molar-refractivity contribution in [3.05, 3.63) is 87.7 Å². The Bertz CT molecular complexity index is 1510. The Hall–Kier alpha value is -4.52. The lowest BCUT2D eigenvalue weighted by molar-refractivity contribution is -0.137. The van der Waals surface area contributed by atoms with Crippen LogP contribution in [0, 0.1) is 6.92 Å². The van der Waals surface area contributed by atoms with Gasteiger partial charge in [0.05, 0.1) is 16.3 Å². The number of nitrogens with zero attached hydrogens (tertiary/aromatic N) is 4. The number of halogens is 4. The van der Waals surface area contributed by atoms with Crippen molar-refractivity contribution in [3.63, 3.8) is 0 Å². The molecule has 0 saturated carbocycles. The summed E-state index contributed by atoms with van der Waals surface area (Å²) in [6.07, 6.45) is -2.34. The zero-order valence-corrected chi connectivity index (χ0v) is 21.3. The number of aromatic amines is 1. The molecule has 3 heterocycles. The average molecular weight is 560 g/mol. The monoisotopic (exact) mass is 559 g/mol. The van der Waals surface area contributed by atoms with Gasteiger partial charge in [0.25, 0.3) is 0 Å². The number of aromatic nitrogens is 5. The third-order valence-electron chi connectivity index (χ3n) is 5.14. The number of urea groups is 1. The number of nitrogens with one attached hydrogen (secondary N) is 3. The number of rotatable bonds is 7. The first-order valence-electron chi connectivity index (χ1n) is 11.4. The van der Waals surface area contributed by atoms with Crippen molar-refractivity contribution in [1.82, 2.24) is 25.1 Å². The van der Waals surface area contributed by atoms with Gasteiger partial charge in [-0.3, -0.25) is 15.2 Å². The predicted molar refractivity (Wildman–Crippen MR) is 136 cm³/mol. The van der Waals surface area contributed by atoms with Crippen LogP contribution in [-0.2, 0) is 23.8 Å². The molecule has 0 aliphatic carbocycles. The Labute approximate surface area is 225 Å². The Morgan fingerprint density at radius 1 is 1.05 bits per heavy atom. The fraction of sp³-hybridized carbons (Fsp3) is 0.200. The van der Waals surface area contributed by atoms with E-state index in [0.717, 1.165) is 29.1 Å². The van der Waals surface area contributed by atoms with Gasteiger partial charge in [-0.1, -0.05) is 17.7 Å². The molecule has 10 nitrogen and oxygen atoms in total. The Balaban J connectivity index is 1.37. The quantitative estimate of drug-likeness (QED) is 0.261. The molecule has 1 aromatic carbocycles. The van der Waals surface area contributed by atoms with Crippen LogP contribution in [0.2, 0.25) is 5.02 Å². The Morgan fingerprint density at radius 3 is 2.54 bits per heavy atom. The molecule has 0 atom stereocenters. The highest BCUT2D eigenvalue weighted by Gasteiger charge is 2.33. The number of benzene rings is 1. The number of amides is 2. The number of carbonyl (C=O) groups is 2. The minimum atomic E-state index is -4.65. The van der Waals surface area contributed by atoms with E-state index in [0.29, 0.717) is 24.4 Å². The lowest BCUT2D eigenvalue weighted by Gasteiger charge is -2.12. The summed E-state index contributed by atoms with van der Waals surface area (Å²) in [5, 5.41) is 11.1. The fourth-order valence-electron chi connectivity index (χ4n) is 3.58. The standard InChI is InChI=1S/C25H21ClF3N7O3/c1-13-7-17(9-18-11-23(36-35-18)39-14(2)37)32-22(31-13)8-15-3-6-21(30-12-15)34-24(38)33-16-4-5-20(26)19(10-16)25(27,28)29/h3-7,10-12H,8-9H2,1-2H3,(H,35,36)(H2,30,33,34,38). The van der Waals surface area contributed by atoms with E-state index in [1.807, 2.05) is 13.0 Å². The van der Waals surface area contributed by atoms with Gasteiger partial charge in [0, 0.05) is 49.1 Å². The summed E-state index contributed by atoms with van der Waals surface area (Å²) in [4.78, 5) is 36.6. The van der Waals surface area contributed by atoms with Crippen LogP contribution in [0.15, 0.2) is 48.7 Å². The summed E-state index contributed by atoms with van der Waals surface area (Å²) in [6.45, 7) is 3.13. The Morgan fingerprint density at radius 2 is 1.85 bits per heavy atom. The molecule has 0 saturated heterocycles. The molecule has 0 bridgehead atoms. The number of aryl methyl sites for hydroxylation is 1. The number of anilines is 2. The molecule has 0 radical (unpaired) electrons. The molecule has 0 fully saturated rings. The summed E-state index contributed by atoms with van der Waals surface area (Å²) in [5.41, 5.74) is 1.83. The minimum Gasteiger partial charge on any atom is -0.406 e. The number of pyridine rings is 1. The highest BCUT2D eigenvalue weighted by molar-refractivity contribution is 6.31. The molecular weight excluding hydrogens is 539 g/mol. The number of esters is 1. The van der Waals surface area contributed by atoms with Crippen molar-refractivity contribution in [2.24, 2.45) is 0 Å². The van der Waals surface area contributed by atoms with Crippen LogP contribution < -0.4 is 15.4 Å². The van der Waals surface area contributed by atoms with Gasteiger partial charge in [-0.05, 0) is 42.8 Å². The van der Waals surface area contributed by atoms with Crippen LogP contribution in [0.3, 0.4) is 0 Å². The van der Waals surface area contributed by atoms with Crippen molar-refractivity contribution in [2.45, 2.75) is 32.9 Å². The molecule has 3 aromatic heterocycles. The normalized spacial score (nSPS) is 11.2. The van der Waals surface area contributed by atoms with Crippen LogP contribution in [0.4, 0.5) is 29.5 Å². The van der Waals surface area contributed by atoms with Gasteiger partial charge < -0.3 is 10.1 Å². The van der Waals surface area contributed by atoms with E-state index in [1.54, 1.807) is 18.2 Å². The lowest BCUT2D eigenvalue weighted by Crippen LogP contribution is -2.20. The van der Waals surface area contributed by atoms with Gasteiger partial charge in [0.2, 0.25) is 5.88 Å². The first kappa shape index (κ1) is 27.5. The third-order valence-corrected chi connectivity index (χ3v) is 5.47. The average Bonchev–Trinajstić information content (AvgIpc) is 3.26. The SMILES string of the molecule is CC(=O)Oc1cc(Cc2cc(C)nc(Cc3ccc(NC(=O)Nc4ccc(Cl)c(C(F)(F)F)c4)nc3)n2)[nH]n1. The number of ether oxygens (including phenoxy) is 1. The van der Waals surface area contributed by atoms with Crippen LogP contribution in [-0.4, -0.2) is 37.1 Å². The van der Waals surface area contributed by atoms with Gasteiger partial charge in [0.15, 0.2) is 0 Å². The van der Waals surface area contributed by atoms with Crippen LogP contribution >= 0.6 is 11.6 Å². The number of carbonyl (C=O) groups excluding carboxylic acids is 2. The summed E-state index contributed by atoms with van der Waals surface area (Å²) in [6, 6.07) is 9.02. The molecule has 0 unspecified atom stereocenters. The van der Waals surface area contributed by atoms with Crippen LogP contribution in [0.25, 0.3) is 0 Å². The van der Waals surface area contributed by atoms with Crippen molar-refractivity contribution < 1.29 is 27.5 Å². The summed E-state index contributed by atoms with van der Waals surface area (Å²) in [7, 11) is 0. The van der Waals surface area contributed by atoms with E-state index in [9.17, 15) is 22.8 Å². The van der Waals surface area contributed by atoms with Crippen LogP contribution in [0.1, 0.15) is 41.0 Å². The van der Waals surface area contributed by atoms with Crippen molar-refractivity contribution in [1.29, 1.82) is 0 Å². The second-order valence-electron chi connectivity index (χ2n) is 8.42. The molecule has 3 N–H and O–H groups in total. The van der Waals surface area contributed by atoms with Gasteiger partial charge >= 0.3 is 18.2 Å². The maximum absolute atomic E-state index is 13.0. The predicted octanol–water partition coefficient (Wildman–Crippen LogP) is 5.33. The van der Waals surface area contributed by atoms with Crippen molar-refractivity contribution in [3.8, 4) is 5.88 Å². The Kier molecular flexibility index (Phi) is 8.10. The van der Waals surface area contributed by atoms with Gasteiger partial charge in [-0.25, -0.2) is 19.7 Å². The number of alkyl halides is 3. The fourth-order valence-corrected chi connectivity index (χ4v) is 3.80. The summed E-state index contributed by atoms with van der Waals surface area (Å²) >= 11 is 5.60. The maximum Gasteiger partial charge on any atom is 0.417 e. The number of hydrogen-bond acceptors (Lipinski definition) is 7. The van der Waals surface area contributed by atoms with Gasteiger partial charge in [-0.2, -0.15) is 13.2 Å². The topological polar surface area (TPSA) is 135 Å². The van der Waals surface area contributed by atoms with E-state index in [1.165, 1.54) is 19.2 Å². The minimum absolute atomic E-state index is 0.0778. The van der Waals surface area contributed by atoms with E-state index in [2.05, 4.69) is 35.8 Å². The molecule has 14 heteroatoms. The summed E-state index contributed by atoms with van der Waals surface area (Å²) < 4.78 is 44.1. The largest absolute Gasteiger partial charge is 0.417 e. The number of H-pyrrole nitrogens is 1. The van der Waals surface area contributed by atoms with E-state index < -0.39 is 28.8 Å². The van der Waals surface area contributed by atoms with Gasteiger partial charge in [0.1, 0.15) is 11.6 Å². The van der Waals surface area contributed by atoms with Gasteiger partial charge in [-0.15, -0.1) is 5.10 Å². The zero-order chi connectivity index (χ0) is 28.2. The molecule has 0 spiro atoms. The first-order valence-corrected chi connectivity index (χ1v) is 11.8. The van der Waals surface area contributed by atoms with E-state index >= 15 is 0 Å². The molecule has 39 heavy (non-hydrogen) atoms. The highest BCUT2D eigenvalue weighted by Crippen LogP contribution is 2.36. The second kappa shape index (κ2) is 11.5. The zero-order valence-electron chi connectivity index (χ0n) is 20.6. The third kappa shape index (κ3) is 7.74. The second-order valence-corrected chi connectivity index (χ2v) is 8.83. The maximum atomic E-state index is 13.0. The van der Waals surface area contributed by atoms with Crippen molar-refractivity contribution >= 4 is 35.1 Å². The number of hydrogen-bond donors (Lipinski definition) is 3. The van der Waals surface area contributed by atoms with Crippen LogP contribution in [0.5, 0.6) is 5.88 Å².